The molecule has 1 aromatic heterocycles. The molecule has 2 aromatic carbocycles. The molecule has 11 heteroatoms. The number of urea groups is 1. The zero-order valence-electron chi connectivity index (χ0n) is 18.2. The highest BCUT2D eigenvalue weighted by atomic mass is 19.3. The molecule has 0 unspecified atom stereocenters. The third-order valence-electron chi connectivity index (χ3n) is 5.17. The van der Waals surface area contributed by atoms with Gasteiger partial charge in [-0.05, 0) is 42.5 Å². The van der Waals surface area contributed by atoms with E-state index in [2.05, 4.69) is 9.98 Å². The smallest absolute Gasteiger partial charge is 0.335 e. The van der Waals surface area contributed by atoms with Crippen molar-refractivity contribution < 1.29 is 23.4 Å². The molecule has 9 nitrogen and oxygen atoms in total. The zero-order valence-corrected chi connectivity index (χ0v) is 18.2. The van der Waals surface area contributed by atoms with E-state index in [1.165, 1.54) is 34.1 Å². The van der Waals surface area contributed by atoms with Gasteiger partial charge >= 0.3 is 6.03 Å². The first-order valence-corrected chi connectivity index (χ1v) is 10.2. The second-order valence-electron chi connectivity index (χ2n) is 7.48. The number of aliphatic imine (C=N–C) groups is 1. The Hall–Kier alpha value is -4.41. The molecular formula is C23H22F2N6O3. The van der Waals surface area contributed by atoms with Crippen molar-refractivity contribution in [2.45, 2.75) is 13.0 Å². The van der Waals surface area contributed by atoms with Crippen LogP contribution in [-0.2, 0) is 6.54 Å². The Morgan fingerprint density at radius 3 is 2.62 bits per heavy atom. The molecule has 5 N–H and O–H groups in total. The third-order valence-corrected chi connectivity index (χ3v) is 5.17. The molecule has 0 atom stereocenters. The number of aromatic hydroxyl groups is 1. The van der Waals surface area contributed by atoms with Gasteiger partial charge in [0.1, 0.15) is 11.6 Å². The molecule has 1 aliphatic rings. The Morgan fingerprint density at radius 2 is 1.91 bits per heavy atom. The number of ether oxygens (including phenoxy) is 1. The number of pyridine rings is 1. The lowest BCUT2D eigenvalue weighted by Crippen LogP contribution is -2.45. The first-order valence-electron chi connectivity index (χ1n) is 10.2. The number of rotatable bonds is 6. The van der Waals surface area contributed by atoms with Gasteiger partial charge in [0.15, 0.2) is 6.61 Å². The standard InChI is InChI=1S/C23H22F2N6O3/c1-28-10-14-8-15(3-5-17(14)26)30-11-13-2-7-21(34-12-20(24)25)29-22(13)31(23(30)33)16-4-6-19(32)18(27)9-16/h2-10,20,32H,11-12,26-27H2,1H3. The number of fused-ring (bicyclic) bond motifs is 1. The summed E-state index contributed by atoms with van der Waals surface area (Å²) in [6.07, 6.45) is -1.08. The second kappa shape index (κ2) is 9.22. The number of halogens is 2. The Labute approximate surface area is 193 Å². The highest BCUT2D eigenvalue weighted by molar-refractivity contribution is 6.11. The number of amides is 2. The molecule has 0 bridgehead atoms. The minimum atomic E-state index is -2.67. The lowest BCUT2D eigenvalue weighted by molar-refractivity contribution is 0.0796. The van der Waals surface area contributed by atoms with Crippen LogP contribution in [0.5, 0.6) is 11.6 Å². The number of benzene rings is 2. The minimum absolute atomic E-state index is 0.0500. The molecule has 4 rings (SSSR count). The molecule has 3 aromatic rings. The average molecular weight is 468 g/mol. The number of anilines is 5. The first kappa shape index (κ1) is 22.8. The molecule has 0 aliphatic carbocycles. The van der Waals surface area contributed by atoms with Crippen LogP contribution in [0, 0.1) is 0 Å². The fraction of sp³-hybridized carbons (Fsp3) is 0.174. The van der Waals surface area contributed by atoms with Crippen LogP contribution < -0.4 is 26.0 Å². The summed E-state index contributed by atoms with van der Waals surface area (Å²) in [7, 11) is 1.62. The molecule has 1 aliphatic heterocycles. The summed E-state index contributed by atoms with van der Waals surface area (Å²) in [5, 5.41) is 9.84. The number of hydrogen-bond acceptors (Lipinski definition) is 7. The van der Waals surface area contributed by atoms with Crippen molar-refractivity contribution in [2.24, 2.45) is 4.99 Å². The molecule has 0 spiro atoms. The number of carbonyl (C=O) groups excluding carboxylic acids is 1. The fourth-order valence-corrected chi connectivity index (χ4v) is 3.55. The van der Waals surface area contributed by atoms with Crippen molar-refractivity contribution in [1.29, 1.82) is 0 Å². The number of nitrogens with two attached hydrogens (primary N) is 2. The molecule has 176 valence electrons. The van der Waals surface area contributed by atoms with Gasteiger partial charge in [0.25, 0.3) is 6.43 Å². The summed E-state index contributed by atoms with van der Waals surface area (Å²) in [6, 6.07) is 12.1. The summed E-state index contributed by atoms with van der Waals surface area (Å²) in [6.45, 7) is -0.668. The van der Waals surface area contributed by atoms with Crippen LogP contribution in [0.25, 0.3) is 0 Å². The number of phenolic OH excluding ortho intramolecular Hbond substituents is 1. The van der Waals surface area contributed by atoms with E-state index in [9.17, 15) is 18.7 Å². The molecule has 0 saturated heterocycles. The van der Waals surface area contributed by atoms with Crippen molar-refractivity contribution in [2.75, 3.05) is 34.9 Å². The molecule has 2 amide bonds. The van der Waals surface area contributed by atoms with Crippen molar-refractivity contribution in [3.05, 3.63) is 59.7 Å². The van der Waals surface area contributed by atoms with Crippen LogP contribution >= 0.6 is 0 Å². The van der Waals surface area contributed by atoms with E-state index in [0.29, 0.717) is 28.2 Å². The van der Waals surface area contributed by atoms with Gasteiger partial charge in [0.05, 0.1) is 17.9 Å². The average Bonchev–Trinajstić information content (AvgIpc) is 2.81. The number of nitrogen functional groups attached to an aromatic ring is 2. The van der Waals surface area contributed by atoms with E-state index in [1.807, 2.05) is 0 Å². The summed E-state index contributed by atoms with van der Waals surface area (Å²) in [4.78, 5) is 24.8. The largest absolute Gasteiger partial charge is 0.506 e. The highest BCUT2D eigenvalue weighted by Crippen LogP contribution is 2.39. The van der Waals surface area contributed by atoms with Gasteiger partial charge in [0.2, 0.25) is 5.88 Å². The van der Waals surface area contributed by atoms with Gasteiger partial charge in [-0.2, -0.15) is 4.98 Å². The molecule has 0 radical (unpaired) electrons. The van der Waals surface area contributed by atoms with E-state index in [-0.39, 0.29) is 29.7 Å². The summed E-state index contributed by atoms with van der Waals surface area (Å²) in [5.41, 5.74) is 14.6. The normalized spacial score (nSPS) is 13.6. The lowest BCUT2D eigenvalue weighted by atomic mass is 10.1. The van der Waals surface area contributed by atoms with Gasteiger partial charge in [-0.25, -0.2) is 18.5 Å². The van der Waals surface area contributed by atoms with Gasteiger partial charge in [-0.1, -0.05) is 0 Å². The van der Waals surface area contributed by atoms with Crippen LogP contribution in [0.4, 0.5) is 42.1 Å². The summed E-state index contributed by atoms with van der Waals surface area (Å²) < 4.78 is 30.3. The number of aromatic nitrogens is 1. The Balaban J connectivity index is 1.82. The Kier molecular flexibility index (Phi) is 6.17. The van der Waals surface area contributed by atoms with E-state index < -0.39 is 19.1 Å². The Bertz CT molecular complexity index is 1270. The number of alkyl halides is 2. The van der Waals surface area contributed by atoms with Crippen molar-refractivity contribution in [3.8, 4) is 11.6 Å². The van der Waals surface area contributed by atoms with Crippen LogP contribution in [0.1, 0.15) is 11.1 Å². The van der Waals surface area contributed by atoms with Crippen molar-refractivity contribution in [1.82, 2.24) is 4.98 Å². The minimum Gasteiger partial charge on any atom is -0.506 e. The van der Waals surface area contributed by atoms with Crippen LogP contribution in [0.15, 0.2) is 53.5 Å². The first-order chi connectivity index (χ1) is 16.3. The quantitative estimate of drug-likeness (QED) is 0.286. The highest BCUT2D eigenvalue weighted by Gasteiger charge is 2.34. The van der Waals surface area contributed by atoms with Crippen molar-refractivity contribution >= 4 is 40.8 Å². The predicted molar refractivity (Wildman–Crippen MR) is 126 cm³/mol. The van der Waals surface area contributed by atoms with E-state index in [1.54, 1.807) is 37.5 Å². The number of carbonyl (C=O) groups is 1. The van der Waals surface area contributed by atoms with E-state index in [4.69, 9.17) is 16.2 Å². The van der Waals surface area contributed by atoms with Gasteiger partial charge in [-0.3, -0.25) is 9.89 Å². The maximum Gasteiger partial charge on any atom is 0.335 e. The third kappa shape index (κ3) is 4.40. The monoisotopic (exact) mass is 468 g/mol. The fourth-order valence-electron chi connectivity index (χ4n) is 3.55. The maximum atomic E-state index is 13.7. The lowest BCUT2D eigenvalue weighted by Gasteiger charge is -2.36. The van der Waals surface area contributed by atoms with E-state index >= 15 is 0 Å². The van der Waals surface area contributed by atoms with Crippen LogP contribution in [0.2, 0.25) is 0 Å². The summed E-state index contributed by atoms with van der Waals surface area (Å²) >= 11 is 0. The molecular weight excluding hydrogens is 446 g/mol. The van der Waals surface area contributed by atoms with Crippen LogP contribution in [0.3, 0.4) is 0 Å². The second-order valence-corrected chi connectivity index (χ2v) is 7.48. The molecule has 2 heterocycles. The number of hydrogen-bond donors (Lipinski definition) is 3. The van der Waals surface area contributed by atoms with Gasteiger partial charge in [-0.15, -0.1) is 0 Å². The maximum absolute atomic E-state index is 13.7. The number of nitrogens with zero attached hydrogens (tertiary/aromatic N) is 4. The zero-order chi connectivity index (χ0) is 24.4. The van der Waals surface area contributed by atoms with Crippen LogP contribution in [-0.4, -0.2) is 42.4 Å². The number of phenols is 1. The predicted octanol–water partition coefficient (Wildman–Crippen LogP) is 3.92. The van der Waals surface area contributed by atoms with E-state index in [0.717, 1.165) is 0 Å². The SMILES string of the molecule is CN=Cc1cc(N2Cc3ccc(OCC(F)F)nc3N(c3ccc(O)c(N)c3)C2=O)ccc1N. The molecule has 0 saturated carbocycles. The Morgan fingerprint density at radius 1 is 1.15 bits per heavy atom. The molecule has 34 heavy (non-hydrogen) atoms. The topological polar surface area (TPSA) is 130 Å². The van der Waals surface area contributed by atoms with Gasteiger partial charge in [0, 0.05) is 41.8 Å². The summed E-state index contributed by atoms with van der Waals surface area (Å²) in [5.74, 6) is 0.0177. The van der Waals surface area contributed by atoms with Gasteiger partial charge < -0.3 is 21.3 Å². The van der Waals surface area contributed by atoms with Crippen molar-refractivity contribution in [3.63, 3.8) is 0 Å². The molecule has 0 fully saturated rings.